The van der Waals surface area contributed by atoms with Crippen molar-refractivity contribution < 1.29 is 4.52 Å². The second-order valence-electron chi connectivity index (χ2n) is 2.77. The van der Waals surface area contributed by atoms with Crippen LogP contribution in [-0.2, 0) is 7.05 Å². The molecule has 0 saturated heterocycles. The minimum absolute atomic E-state index is 0.178. The molecular formula is C8H7BrN2O2. The third-order valence-corrected chi connectivity index (χ3v) is 2.28. The lowest BCUT2D eigenvalue weighted by molar-refractivity contribution is 0.324. The smallest absolute Gasteiger partial charge is 0.290 e. The van der Waals surface area contributed by atoms with Crippen LogP contribution in [0.4, 0.5) is 5.69 Å². The lowest BCUT2D eigenvalue weighted by Crippen LogP contribution is -2.08. The molecule has 1 aromatic heterocycles. The molecule has 13 heavy (non-hydrogen) atoms. The van der Waals surface area contributed by atoms with Crippen molar-refractivity contribution in [3.8, 4) is 0 Å². The van der Waals surface area contributed by atoms with Crippen molar-refractivity contribution in [2.24, 2.45) is 7.05 Å². The van der Waals surface area contributed by atoms with Gasteiger partial charge in [0.25, 0.3) is 5.56 Å². The van der Waals surface area contributed by atoms with E-state index in [1.807, 2.05) is 0 Å². The maximum Gasteiger partial charge on any atom is 0.290 e. The van der Waals surface area contributed by atoms with Gasteiger partial charge in [-0.05, 0) is 12.1 Å². The molecule has 0 aliphatic rings. The molecule has 0 saturated carbocycles. The van der Waals surface area contributed by atoms with Gasteiger partial charge in [0.2, 0.25) is 0 Å². The monoisotopic (exact) mass is 242 g/mol. The van der Waals surface area contributed by atoms with Crippen LogP contribution in [0.25, 0.3) is 11.0 Å². The molecule has 2 rings (SSSR count). The van der Waals surface area contributed by atoms with Crippen LogP contribution in [0, 0.1) is 0 Å². The largest absolute Gasteiger partial charge is 0.396 e. The second kappa shape index (κ2) is 2.63. The zero-order valence-electron chi connectivity index (χ0n) is 6.87. The van der Waals surface area contributed by atoms with Crippen LogP contribution in [-0.4, -0.2) is 4.74 Å². The number of hydrogen-bond acceptors (Lipinski definition) is 3. The Balaban J connectivity index is 3.03. The van der Waals surface area contributed by atoms with Gasteiger partial charge in [0, 0.05) is 11.5 Å². The predicted octanol–water partition coefficient (Wildman–Crippen LogP) is 1.48. The molecule has 0 fully saturated rings. The zero-order chi connectivity index (χ0) is 9.59. The number of nitrogens with zero attached hydrogens (tertiary/aromatic N) is 1. The molecular weight excluding hydrogens is 236 g/mol. The summed E-state index contributed by atoms with van der Waals surface area (Å²) >= 11 is 3.26. The molecule has 5 heteroatoms. The van der Waals surface area contributed by atoms with E-state index in [0.29, 0.717) is 16.7 Å². The van der Waals surface area contributed by atoms with E-state index in [9.17, 15) is 4.79 Å². The van der Waals surface area contributed by atoms with Gasteiger partial charge in [0.1, 0.15) is 0 Å². The number of anilines is 1. The SMILES string of the molecule is Cn1oc2c(N)cc(Br)cc2c1=O. The van der Waals surface area contributed by atoms with Gasteiger partial charge in [0.05, 0.1) is 11.1 Å². The maximum absolute atomic E-state index is 11.4. The maximum atomic E-state index is 11.4. The lowest BCUT2D eigenvalue weighted by Gasteiger charge is -1.93. The Hall–Kier alpha value is -1.23. The van der Waals surface area contributed by atoms with Crippen LogP contribution in [0.15, 0.2) is 25.9 Å². The van der Waals surface area contributed by atoms with Crippen molar-refractivity contribution in [1.29, 1.82) is 0 Å². The van der Waals surface area contributed by atoms with Crippen molar-refractivity contribution in [3.05, 3.63) is 27.0 Å². The predicted molar refractivity (Wildman–Crippen MR) is 53.6 cm³/mol. The zero-order valence-corrected chi connectivity index (χ0v) is 8.46. The lowest BCUT2D eigenvalue weighted by atomic mass is 10.2. The number of nitrogens with two attached hydrogens (primary N) is 1. The minimum atomic E-state index is -0.178. The van der Waals surface area contributed by atoms with Gasteiger partial charge in [-0.3, -0.25) is 4.79 Å². The van der Waals surface area contributed by atoms with Crippen LogP contribution in [0.5, 0.6) is 0 Å². The number of aryl methyl sites for hydroxylation is 1. The standard InChI is InChI=1S/C8H7BrN2O2/c1-11-8(12)5-2-4(9)3-6(10)7(5)13-11/h2-3H,10H2,1H3. The van der Waals surface area contributed by atoms with E-state index in [-0.39, 0.29) is 5.56 Å². The van der Waals surface area contributed by atoms with E-state index >= 15 is 0 Å². The molecule has 0 radical (unpaired) electrons. The van der Waals surface area contributed by atoms with Crippen LogP contribution < -0.4 is 11.3 Å². The highest BCUT2D eigenvalue weighted by Crippen LogP contribution is 2.23. The number of rotatable bonds is 0. The number of fused-ring (bicyclic) bond motifs is 1. The van der Waals surface area contributed by atoms with Gasteiger partial charge in [-0.15, -0.1) is 0 Å². The molecule has 1 heterocycles. The first-order valence-corrected chi connectivity index (χ1v) is 4.44. The fourth-order valence-electron chi connectivity index (χ4n) is 1.22. The molecule has 0 aliphatic heterocycles. The summed E-state index contributed by atoms with van der Waals surface area (Å²) in [7, 11) is 1.55. The van der Waals surface area contributed by atoms with E-state index in [4.69, 9.17) is 10.3 Å². The number of halogens is 1. The molecule has 2 N–H and O–H groups in total. The van der Waals surface area contributed by atoms with Crippen LogP contribution >= 0.6 is 15.9 Å². The third kappa shape index (κ3) is 1.16. The summed E-state index contributed by atoms with van der Waals surface area (Å²) in [6, 6.07) is 3.39. The molecule has 68 valence electrons. The Labute approximate surface area is 82.0 Å². The highest BCUT2D eigenvalue weighted by atomic mass is 79.9. The van der Waals surface area contributed by atoms with E-state index in [2.05, 4.69) is 15.9 Å². The highest BCUT2D eigenvalue weighted by molar-refractivity contribution is 9.10. The van der Waals surface area contributed by atoms with Crippen molar-refractivity contribution in [1.82, 2.24) is 4.74 Å². The Kier molecular flexibility index (Phi) is 1.69. The fourth-order valence-corrected chi connectivity index (χ4v) is 1.70. The summed E-state index contributed by atoms with van der Waals surface area (Å²) in [5.74, 6) is 0. The normalized spacial score (nSPS) is 10.9. The third-order valence-electron chi connectivity index (χ3n) is 1.83. The van der Waals surface area contributed by atoms with Crippen molar-refractivity contribution in [3.63, 3.8) is 0 Å². The van der Waals surface area contributed by atoms with Crippen molar-refractivity contribution >= 4 is 32.6 Å². The van der Waals surface area contributed by atoms with Gasteiger partial charge >= 0.3 is 0 Å². The van der Waals surface area contributed by atoms with Gasteiger partial charge in [-0.2, -0.15) is 4.74 Å². The van der Waals surface area contributed by atoms with Gasteiger partial charge < -0.3 is 10.3 Å². The topological polar surface area (TPSA) is 61.2 Å². The summed E-state index contributed by atoms with van der Waals surface area (Å²) in [5.41, 5.74) is 6.39. The fraction of sp³-hybridized carbons (Fsp3) is 0.125. The second-order valence-corrected chi connectivity index (χ2v) is 3.68. The molecule has 0 amide bonds. The summed E-state index contributed by atoms with van der Waals surface area (Å²) in [5, 5.41) is 0.495. The van der Waals surface area contributed by atoms with Gasteiger partial charge in [-0.25, -0.2) is 0 Å². The van der Waals surface area contributed by atoms with E-state index in [1.165, 1.54) is 0 Å². The first-order valence-electron chi connectivity index (χ1n) is 3.64. The van der Waals surface area contributed by atoms with E-state index < -0.39 is 0 Å². The van der Waals surface area contributed by atoms with Crippen LogP contribution in [0.3, 0.4) is 0 Å². The van der Waals surface area contributed by atoms with Gasteiger partial charge in [-0.1, -0.05) is 15.9 Å². The summed E-state index contributed by atoms with van der Waals surface area (Å²) < 4.78 is 7.08. The van der Waals surface area contributed by atoms with Crippen LogP contribution in [0.2, 0.25) is 0 Å². The average Bonchev–Trinajstić information content (AvgIpc) is 2.32. The first kappa shape index (κ1) is 8.37. The molecule has 2 aromatic rings. The number of benzene rings is 1. The molecule has 0 spiro atoms. The summed E-state index contributed by atoms with van der Waals surface area (Å²) in [6.45, 7) is 0. The average molecular weight is 243 g/mol. The molecule has 0 bridgehead atoms. The van der Waals surface area contributed by atoms with Crippen molar-refractivity contribution in [2.75, 3.05) is 5.73 Å². The molecule has 0 aliphatic carbocycles. The number of nitrogen functional groups attached to an aromatic ring is 1. The quantitative estimate of drug-likeness (QED) is 0.713. The minimum Gasteiger partial charge on any atom is -0.396 e. The van der Waals surface area contributed by atoms with E-state index in [0.717, 1.165) is 9.21 Å². The Morgan fingerprint density at radius 3 is 2.92 bits per heavy atom. The van der Waals surface area contributed by atoms with Gasteiger partial charge in [0.15, 0.2) is 5.58 Å². The molecule has 0 atom stereocenters. The Morgan fingerprint density at radius 2 is 2.23 bits per heavy atom. The molecule has 1 aromatic carbocycles. The summed E-state index contributed by atoms with van der Waals surface area (Å²) in [6.07, 6.45) is 0. The number of hydrogen-bond donors (Lipinski definition) is 1. The van der Waals surface area contributed by atoms with Crippen molar-refractivity contribution in [2.45, 2.75) is 0 Å². The number of aromatic nitrogens is 1. The highest BCUT2D eigenvalue weighted by Gasteiger charge is 2.10. The van der Waals surface area contributed by atoms with E-state index in [1.54, 1.807) is 19.2 Å². The first-order chi connectivity index (χ1) is 6.09. The Morgan fingerprint density at radius 1 is 1.54 bits per heavy atom. The molecule has 0 unspecified atom stereocenters. The van der Waals surface area contributed by atoms with Crippen LogP contribution in [0.1, 0.15) is 0 Å². The summed E-state index contributed by atoms with van der Waals surface area (Å²) in [4.78, 5) is 11.4. The molecule has 4 nitrogen and oxygen atoms in total. The Bertz CT molecular complexity index is 527.